The molecule has 0 bridgehead atoms. The van der Waals surface area contributed by atoms with Crippen LogP contribution in [-0.2, 0) is 9.53 Å². The van der Waals surface area contributed by atoms with Crippen LogP contribution in [0.4, 0.5) is 0 Å². The summed E-state index contributed by atoms with van der Waals surface area (Å²) < 4.78 is 5.41. The van der Waals surface area contributed by atoms with Crippen LogP contribution in [0.1, 0.15) is 38.5 Å². The van der Waals surface area contributed by atoms with Gasteiger partial charge < -0.3 is 15.2 Å². The third-order valence-electron chi connectivity index (χ3n) is 3.63. The fraction of sp³-hybridized carbons (Fsp3) is 0.917. The molecule has 2 aliphatic rings. The second-order valence-electron chi connectivity index (χ2n) is 4.86. The Hall–Kier alpha value is -0.610. The first-order valence-electron chi connectivity index (χ1n) is 6.35. The maximum absolute atomic E-state index is 11.7. The Bertz CT molecular complexity index is 238. The number of hydrogen-bond donors (Lipinski definition) is 2. The number of hydrogen-bond acceptors (Lipinski definition) is 3. The Morgan fingerprint density at radius 2 is 2.12 bits per heavy atom. The molecular formula is C12H21NO3. The monoisotopic (exact) mass is 227 g/mol. The molecule has 16 heavy (non-hydrogen) atoms. The van der Waals surface area contributed by atoms with Crippen LogP contribution < -0.4 is 5.32 Å². The van der Waals surface area contributed by atoms with Crippen LogP contribution in [0.2, 0.25) is 0 Å². The van der Waals surface area contributed by atoms with Crippen molar-refractivity contribution >= 4 is 5.91 Å². The highest BCUT2D eigenvalue weighted by Crippen LogP contribution is 2.24. The molecule has 1 amide bonds. The molecule has 2 fully saturated rings. The molecule has 1 saturated heterocycles. The Kier molecular flexibility index (Phi) is 4.18. The van der Waals surface area contributed by atoms with Gasteiger partial charge in [0, 0.05) is 19.1 Å². The number of aliphatic hydroxyl groups excluding tert-OH is 1. The Balaban J connectivity index is 1.70. The molecule has 3 atom stereocenters. The summed E-state index contributed by atoms with van der Waals surface area (Å²) >= 11 is 0. The molecule has 2 rings (SSSR count). The average Bonchev–Trinajstić information content (AvgIpc) is 2.73. The van der Waals surface area contributed by atoms with Gasteiger partial charge >= 0.3 is 0 Å². The minimum Gasteiger partial charge on any atom is -0.393 e. The first kappa shape index (κ1) is 11.9. The summed E-state index contributed by atoms with van der Waals surface area (Å²) in [5.74, 6) is 0.242. The van der Waals surface area contributed by atoms with Gasteiger partial charge in [-0.2, -0.15) is 0 Å². The molecule has 0 radical (unpaired) electrons. The standard InChI is InChI=1S/C12H21NO3/c14-10-5-3-4-9(10)8-13-12(15)11-6-1-2-7-16-11/h9-11,14H,1-8H2,(H,13,15). The van der Waals surface area contributed by atoms with E-state index in [0.717, 1.165) is 38.5 Å². The van der Waals surface area contributed by atoms with Gasteiger partial charge in [-0.05, 0) is 32.1 Å². The summed E-state index contributed by atoms with van der Waals surface area (Å²) in [7, 11) is 0. The smallest absolute Gasteiger partial charge is 0.249 e. The quantitative estimate of drug-likeness (QED) is 0.751. The predicted molar refractivity (Wildman–Crippen MR) is 59.9 cm³/mol. The topological polar surface area (TPSA) is 58.6 Å². The predicted octanol–water partition coefficient (Wildman–Crippen LogP) is 0.833. The molecule has 1 aliphatic heterocycles. The first-order valence-corrected chi connectivity index (χ1v) is 6.35. The fourth-order valence-electron chi connectivity index (χ4n) is 2.55. The summed E-state index contributed by atoms with van der Waals surface area (Å²) in [5, 5.41) is 12.5. The lowest BCUT2D eigenvalue weighted by molar-refractivity contribution is -0.135. The van der Waals surface area contributed by atoms with Gasteiger partial charge in [0.2, 0.25) is 5.91 Å². The van der Waals surface area contributed by atoms with E-state index in [1.54, 1.807) is 0 Å². The van der Waals surface area contributed by atoms with Crippen molar-refractivity contribution in [2.75, 3.05) is 13.2 Å². The summed E-state index contributed by atoms with van der Waals surface area (Å²) in [6, 6.07) is 0. The SMILES string of the molecule is O=C(NCC1CCCC1O)C1CCCCO1. The maximum atomic E-state index is 11.7. The minimum absolute atomic E-state index is 0.00111. The highest BCUT2D eigenvalue weighted by Gasteiger charge is 2.27. The zero-order valence-electron chi connectivity index (χ0n) is 9.65. The van der Waals surface area contributed by atoms with Crippen LogP contribution in [0.3, 0.4) is 0 Å². The van der Waals surface area contributed by atoms with Crippen molar-refractivity contribution in [2.45, 2.75) is 50.7 Å². The molecule has 0 spiro atoms. The van der Waals surface area contributed by atoms with E-state index in [1.807, 2.05) is 0 Å². The normalized spacial score (nSPS) is 34.9. The number of carbonyl (C=O) groups excluding carboxylic acids is 1. The molecule has 1 heterocycles. The number of nitrogens with one attached hydrogen (secondary N) is 1. The average molecular weight is 227 g/mol. The van der Waals surface area contributed by atoms with E-state index in [-0.39, 0.29) is 24.0 Å². The van der Waals surface area contributed by atoms with E-state index in [2.05, 4.69) is 5.32 Å². The third-order valence-corrected chi connectivity index (χ3v) is 3.63. The zero-order chi connectivity index (χ0) is 11.4. The van der Waals surface area contributed by atoms with Gasteiger partial charge in [-0.1, -0.05) is 6.42 Å². The van der Waals surface area contributed by atoms with Crippen molar-refractivity contribution in [3.8, 4) is 0 Å². The number of amides is 1. The first-order chi connectivity index (χ1) is 7.77. The highest BCUT2D eigenvalue weighted by atomic mass is 16.5. The van der Waals surface area contributed by atoms with Crippen molar-refractivity contribution in [3.05, 3.63) is 0 Å². The van der Waals surface area contributed by atoms with Crippen molar-refractivity contribution in [1.29, 1.82) is 0 Å². The van der Waals surface area contributed by atoms with Gasteiger partial charge in [0.15, 0.2) is 0 Å². The zero-order valence-corrected chi connectivity index (χ0v) is 9.65. The van der Waals surface area contributed by atoms with Gasteiger partial charge in [-0.3, -0.25) is 4.79 Å². The Labute approximate surface area is 96.4 Å². The summed E-state index contributed by atoms with van der Waals surface area (Å²) in [5.41, 5.74) is 0. The summed E-state index contributed by atoms with van der Waals surface area (Å²) in [4.78, 5) is 11.7. The maximum Gasteiger partial charge on any atom is 0.249 e. The molecule has 3 unspecified atom stereocenters. The molecule has 0 aromatic heterocycles. The minimum atomic E-state index is -0.257. The van der Waals surface area contributed by atoms with Crippen LogP contribution in [0.15, 0.2) is 0 Å². The summed E-state index contributed by atoms with van der Waals surface area (Å²) in [6.07, 6.45) is 5.45. The van der Waals surface area contributed by atoms with Crippen LogP contribution in [0.25, 0.3) is 0 Å². The van der Waals surface area contributed by atoms with Crippen molar-refractivity contribution in [1.82, 2.24) is 5.32 Å². The molecule has 2 N–H and O–H groups in total. The summed E-state index contributed by atoms with van der Waals surface area (Å²) in [6.45, 7) is 1.30. The fourth-order valence-corrected chi connectivity index (χ4v) is 2.55. The van der Waals surface area contributed by atoms with Crippen LogP contribution in [0, 0.1) is 5.92 Å². The second kappa shape index (κ2) is 5.64. The molecule has 4 nitrogen and oxygen atoms in total. The number of ether oxygens (including phenoxy) is 1. The molecule has 0 aromatic rings. The van der Waals surface area contributed by atoms with Gasteiger partial charge in [0.05, 0.1) is 6.10 Å². The van der Waals surface area contributed by atoms with E-state index >= 15 is 0 Å². The van der Waals surface area contributed by atoms with Crippen LogP contribution in [0.5, 0.6) is 0 Å². The molecule has 1 saturated carbocycles. The number of carbonyl (C=O) groups is 1. The molecule has 0 aromatic carbocycles. The van der Waals surface area contributed by atoms with Crippen LogP contribution in [-0.4, -0.2) is 36.4 Å². The van der Waals surface area contributed by atoms with Gasteiger partial charge in [0.25, 0.3) is 0 Å². The Morgan fingerprint density at radius 1 is 1.25 bits per heavy atom. The third kappa shape index (κ3) is 2.95. The molecule has 92 valence electrons. The van der Waals surface area contributed by atoms with E-state index in [4.69, 9.17) is 4.74 Å². The molecule has 4 heteroatoms. The lowest BCUT2D eigenvalue weighted by atomic mass is 10.1. The highest BCUT2D eigenvalue weighted by molar-refractivity contribution is 5.80. The van der Waals surface area contributed by atoms with E-state index < -0.39 is 0 Å². The van der Waals surface area contributed by atoms with Crippen molar-refractivity contribution < 1.29 is 14.6 Å². The molecule has 1 aliphatic carbocycles. The van der Waals surface area contributed by atoms with Crippen molar-refractivity contribution in [3.63, 3.8) is 0 Å². The van der Waals surface area contributed by atoms with Gasteiger partial charge in [-0.15, -0.1) is 0 Å². The van der Waals surface area contributed by atoms with Gasteiger partial charge in [0.1, 0.15) is 6.10 Å². The van der Waals surface area contributed by atoms with E-state index in [1.165, 1.54) is 0 Å². The lowest BCUT2D eigenvalue weighted by Crippen LogP contribution is -2.41. The number of aliphatic hydroxyl groups is 1. The van der Waals surface area contributed by atoms with E-state index in [9.17, 15) is 9.90 Å². The van der Waals surface area contributed by atoms with Gasteiger partial charge in [-0.25, -0.2) is 0 Å². The largest absolute Gasteiger partial charge is 0.393 e. The Morgan fingerprint density at radius 3 is 2.75 bits per heavy atom. The van der Waals surface area contributed by atoms with E-state index in [0.29, 0.717) is 13.2 Å². The van der Waals surface area contributed by atoms with Crippen LogP contribution >= 0.6 is 0 Å². The lowest BCUT2D eigenvalue weighted by Gasteiger charge is -2.23. The molecular weight excluding hydrogens is 206 g/mol. The number of rotatable bonds is 3. The second-order valence-corrected chi connectivity index (χ2v) is 4.86. The van der Waals surface area contributed by atoms with Crippen molar-refractivity contribution in [2.24, 2.45) is 5.92 Å².